The predicted molar refractivity (Wildman–Crippen MR) is 130 cm³/mol. The van der Waals surface area contributed by atoms with Crippen LogP contribution in [0.15, 0.2) is 36.1 Å². The Labute approximate surface area is 196 Å². The second-order valence-corrected chi connectivity index (χ2v) is 9.47. The quantitative estimate of drug-likeness (QED) is 0.555. The van der Waals surface area contributed by atoms with Crippen LogP contribution >= 0.6 is 0 Å². The summed E-state index contributed by atoms with van der Waals surface area (Å²) >= 11 is 0. The highest BCUT2D eigenvalue weighted by Crippen LogP contribution is 2.42. The van der Waals surface area contributed by atoms with Crippen LogP contribution in [0.4, 0.5) is 0 Å². The fraction of sp³-hybridized carbons (Fsp3) is 0.444. The minimum atomic E-state index is -0.163. The zero-order valence-electron chi connectivity index (χ0n) is 20.5. The van der Waals surface area contributed by atoms with Gasteiger partial charge in [0.2, 0.25) is 5.78 Å². The number of allylic oxidation sites excluding steroid dienone is 1. The number of ether oxygens (including phenoxy) is 3. The second kappa shape index (κ2) is 10.5. The molecule has 0 aromatic heterocycles. The standard InChI is InChI=1S/C27H35NO5/c1-18-15-22(29)21(17-28(11-13-31-5)12-14-32-6)26-24(18)25(30)23(33-26)16-19-7-9-20(10-8-19)27(2,3)4/h7-10,15-16,29H,11-14,17H2,1-6H3/b23-16+. The molecule has 2 aromatic rings. The van der Waals surface area contributed by atoms with Crippen LogP contribution in [0.2, 0.25) is 0 Å². The molecule has 0 fully saturated rings. The molecule has 1 aliphatic heterocycles. The van der Waals surface area contributed by atoms with Gasteiger partial charge in [-0.15, -0.1) is 0 Å². The smallest absolute Gasteiger partial charge is 0.232 e. The van der Waals surface area contributed by atoms with Crippen LogP contribution in [-0.2, 0) is 21.4 Å². The number of nitrogens with zero attached hydrogens (tertiary/aromatic N) is 1. The van der Waals surface area contributed by atoms with Gasteiger partial charge in [0, 0.05) is 33.9 Å². The number of ketones is 1. The van der Waals surface area contributed by atoms with Gasteiger partial charge < -0.3 is 19.3 Å². The number of hydrogen-bond acceptors (Lipinski definition) is 6. The van der Waals surface area contributed by atoms with Gasteiger partial charge in [0.05, 0.1) is 24.3 Å². The summed E-state index contributed by atoms with van der Waals surface area (Å²) < 4.78 is 16.5. The molecule has 178 valence electrons. The van der Waals surface area contributed by atoms with Crippen LogP contribution in [0.5, 0.6) is 11.5 Å². The lowest BCUT2D eigenvalue weighted by Crippen LogP contribution is -2.30. The van der Waals surface area contributed by atoms with Gasteiger partial charge in [-0.05, 0) is 41.2 Å². The molecule has 3 rings (SSSR count). The Morgan fingerprint density at radius 2 is 1.67 bits per heavy atom. The number of phenols is 1. The third-order valence-corrected chi connectivity index (χ3v) is 5.90. The lowest BCUT2D eigenvalue weighted by Gasteiger charge is -2.23. The molecule has 6 heteroatoms. The average molecular weight is 454 g/mol. The van der Waals surface area contributed by atoms with Crippen molar-refractivity contribution in [2.24, 2.45) is 0 Å². The number of Topliss-reactive ketones (excluding diaryl/α,β-unsaturated/α-hetero) is 1. The number of aromatic hydroxyl groups is 1. The van der Waals surface area contributed by atoms with Crippen LogP contribution in [0, 0.1) is 6.92 Å². The number of phenolic OH excluding ortho intramolecular Hbond substituents is 1. The predicted octanol–water partition coefficient (Wildman–Crippen LogP) is 4.71. The Hall–Kier alpha value is -2.67. The third kappa shape index (κ3) is 5.82. The minimum Gasteiger partial charge on any atom is -0.507 e. The van der Waals surface area contributed by atoms with Gasteiger partial charge in [-0.1, -0.05) is 45.0 Å². The Bertz CT molecular complexity index is 1010. The number of carbonyl (C=O) groups excluding carboxylic acids is 1. The minimum absolute atomic E-state index is 0.0582. The fourth-order valence-corrected chi connectivity index (χ4v) is 3.90. The van der Waals surface area contributed by atoms with Crippen molar-refractivity contribution in [2.45, 2.75) is 39.7 Å². The SMILES string of the molecule is COCCN(CCOC)Cc1c(O)cc(C)c2c1O/C(=C/c1ccc(C(C)(C)C)cc1)C2=O. The van der Waals surface area contributed by atoms with E-state index in [9.17, 15) is 9.90 Å². The summed E-state index contributed by atoms with van der Waals surface area (Å²) in [5.74, 6) is 0.664. The highest BCUT2D eigenvalue weighted by molar-refractivity contribution is 6.15. The van der Waals surface area contributed by atoms with Crippen molar-refractivity contribution >= 4 is 11.9 Å². The molecule has 0 radical (unpaired) electrons. The van der Waals surface area contributed by atoms with Crippen LogP contribution < -0.4 is 4.74 Å². The fourth-order valence-electron chi connectivity index (χ4n) is 3.90. The van der Waals surface area contributed by atoms with E-state index >= 15 is 0 Å². The van der Waals surface area contributed by atoms with Crippen molar-refractivity contribution in [2.75, 3.05) is 40.5 Å². The Morgan fingerprint density at radius 1 is 1.06 bits per heavy atom. The average Bonchev–Trinajstić information content (AvgIpc) is 3.08. The van der Waals surface area contributed by atoms with Crippen molar-refractivity contribution in [1.29, 1.82) is 0 Å². The van der Waals surface area contributed by atoms with E-state index in [-0.39, 0.29) is 22.7 Å². The highest BCUT2D eigenvalue weighted by atomic mass is 16.5. The number of methoxy groups -OCH3 is 2. The van der Waals surface area contributed by atoms with Gasteiger partial charge in [-0.3, -0.25) is 9.69 Å². The maximum atomic E-state index is 13.2. The van der Waals surface area contributed by atoms with E-state index in [4.69, 9.17) is 14.2 Å². The summed E-state index contributed by atoms with van der Waals surface area (Å²) in [7, 11) is 3.31. The number of carbonyl (C=O) groups is 1. The summed E-state index contributed by atoms with van der Waals surface area (Å²) in [5.41, 5.74) is 3.98. The molecule has 6 nitrogen and oxygen atoms in total. The molecule has 0 aliphatic carbocycles. The highest BCUT2D eigenvalue weighted by Gasteiger charge is 2.33. The van der Waals surface area contributed by atoms with E-state index in [1.165, 1.54) is 5.56 Å². The van der Waals surface area contributed by atoms with Gasteiger partial charge in [0.15, 0.2) is 5.76 Å². The molecule has 0 saturated carbocycles. The van der Waals surface area contributed by atoms with E-state index in [0.717, 1.165) is 5.56 Å². The molecule has 0 saturated heterocycles. The van der Waals surface area contributed by atoms with Gasteiger partial charge in [0.25, 0.3) is 0 Å². The van der Waals surface area contributed by atoms with Crippen molar-refractivity contribution < 1.29 is 24.1 Å². The summed E-state index contributed by atoms with van der Waals surface area (Å²) in [6, 6.07) is 9.78. The number of hydrogen-bond donors (Lipinski definition) is 1. The van der Waals surface area contributed by atoms with Crippen LogP contribution in [0.1, 0.15) is 53.4 Å². The second-order valence-electron chi connectivity index (χ2n) is 9.47. The maximum absolute atomic E-state index is 13.2. The molecule has 1 aliphatic rings. The topological polar surface area (TPSA) is 68.2 Å². The monoisotopic (exact) mass is 453 g/mol. The largest absolute Gasteiger partial charge is 0.507 e. The molecule has 33 heavy (non-hydrogen) atoms. The van der Waals surface area contributed by atoms with E-state index in [1.807, 2.05) is 19.1 Å². The molecule has 1 N–H and O–H groups in total. The summed E-state index contributed by atoms with van der Waals surface area (Å²) in [6.45, 7) is 11.2. The summed E-state index contributed by atoms with van der Waals surface area (Å²) in [6.07, 6.45) is 1.77. The molecule has 0 amide bonds. The zero-order valence-corrected chi connectivity index (χ0v) is 20.5. The molecule has 0 bridgehead atoms. The first-order valence-corrected chi connectivity index (χ1v) is 11.3. The number of fused-ring (bicyclic) bond motifs is 1. The maximum Gasteiger partial charge on any atom is 0.232 e. The van der Waals surface area contributed by atoms with Crippen molar-refractivity contribution in [3.63, 3.8) is 0 Å². The Kier molecular flexibility index (Phi) is 7.95. The Balaban J connectivity index is 1.92. The molecule has 2 aromatic carbocycles. The van der Waals surface area contributed by atoms with Crippen LogP contribution in [-0.4, -0.2) is 56.3 Å². The number of benzene rings is 2. The van der Waals surface area contributed by atoms with Crippen molar-refractivity contribution in [3.8, 4) is 11.5 Å². The molecule has 1 heterocycles. The Morgan fingerprint density at radius 3 is 2.21 bits per heavy atom. The first-order valence-electron chi connectivity index (χ1n) is 11.3. The van der Waals surface area contributed by atoms with Crippen molar-refractivity contribution in [3.05, 3.63) is 63.9 Å². The van der Waals surface area contributed by atoms with E-state index < -0.39 is 0 Å². The van der Waals surface area contributed by atoms with Crippen LogP contribution in [0.3, 0.4) is 0 Å². The van der Waals surface area contributed by atoms with E-state index in [0.29, 0.717) is 55.3 Å². The summed E-state index contributed by atoms with van der Waals surface area (Å²) in [4.78, 5) is 15.3. The molecule has 0 unspecified atom stereocenters. The molecular formula is C27H35NO5. The first kappa shape index (κ1) is 25.0. The number of rotatable bonds is 9. The third-order valence-electron chi connectivity index (χ3n) is 5.90. The van der Waals surface area contributed by atoms with Crippen molar-refractivity contribution in [1.82, 2.24) is 4.90 Å². The van der Waals surface area contributed by atoms with Gasteiger partial charge in [-0.2, -0.15) is 0 Å². The molecule has 0 spiro atoms. The van der Waals surface area contributed by atoms with Gasteiger partial charge >= 0.3 is 0 Å². The lowest BCUT2D eigenvalue weighted by atomic mass is 9.86. The van der Waals surface area contributed by atoms with Crippen LogP contribution in [0.25, 0.3) is 6.08 Å². The first-order chi connectivity index (χ1) is 15.7. The van der Waals surface area contributed by atoms with E-state index in [2.05, 4.69) is 37.8 Å². The molecule has 0 atom stereocenters. The molecular weight excluding hydrogens is 418 g/mol. The van der Waals surface area contributed by atoms with E-state index in [1.54, 1.807) is 26.4 Å². The summed E-state index contributed by atoms with van der Waals surface area (Å²) in [5, 5.41) is 10.7. The number of aryl methyl sites for hydroxylation is 1. The normalized spacial score (nSPS) is 14.8. The lowest BCUT2D eigenvalue weighted by molar-refractivity contribution is 0.101. The van der Waals surface area contributed by atoms with Gasteiger partial charge in [-0.25, -0.2) is 0 Å². The van der Waals surface area contributed by atoms with Gasteiger partial charge in [0.1, 0.15) is 11.5 Å². The zero-order chi connectivity index (χ0) is 24.2.